The predicted octanol–water partition coefficient (Wildman–Crippen LogP) is 5.89. The molecule has 4 rings (SSSR count). The van der Waals surface area contributed by atoms with Crippen LogP contribution in [0, 0.1) is 6.92 Å². The van der Waals surface area contributed by atoms with Gasteiger partial charge in [0.15, 0.2) is 11.0 Å². The molecule has 0 radical (unpaired) electrons. The predicted molar refractivity (Wildman–Crippen MR) is 114 cm³/mol. The fraction of sp³-hybridized carbons (Fsp3) is 0.130. The van der Waals surface area contributed by atoms with E-state index in [2.05, 4.69) is 95.0 Å². The molecule has 0 saturated heterocycles. The van der Waals surface area contributed by atoms with E-state index in [4.69, 9.17) is 0 Å². The van der Waals surface area contributed by atoms with Gasteiger partial charge in [0.1, 0.15) is 0 Å². The second kappa shape index (κ2) is 7.80. The molecule has 0 atom stereocenters. The monoisotopic (exact) mass is 371 g/mol. The minimum atomic E-state index is 0.689. The zero-order valence-corrected chi connectivity index (χ0v) is 16.1. The smallest absolute Gasteiger partial charge is 0.192 e. The van der Waals surface area contributed by atoms with Crippen molar-refractivity contribution in [2.24, 2.45) is 0 Å². The highest BCUT2D eigenvalue weighted by Gasteiger charge is 2.14. The van der Waals surface area contributed by atoms with Crippen LogP contribution in [-0.2, 0) is 12.3 Å². The summed E-state index contributed by atoms with van der Waals surface area (Å²) in [7, 11) is 0. The van der Waals surface area contributed by atoms with Gasteiger partial charge in [0, 0.05) is 17.9 Å². The second-order valence-electron chi connectivity index (χ2n) is 6.50. The summed E-state index contributed by atoms with van der Waals surface area (Å²) in [6.45, 7) is 6.68. The first-order valence-corrected chi connectivity index (χ1v) is 9.95. The summed E-state index contributed by atoms with van der Waals surface area (Å²) in [6, 6.07) is 23.3. The molecule has 0 unspecified atom stereocenters. The highest BCUT2D eigenvalue weighted by Crippen LogP contribution is 2.29. The lowest BCUT2D eigenvalue weighted by molar-refractivity contribution is 0.731. The highest BCUT2D eigenvalue weighted by atomic mass is 32.2. The number of nitrogens with zero attached hydrogens (tertiary/aromatic N) is 3. The van der Waals surface area contributed by atoms with Crippen molar-refractivity contribution in [1.82, 2.24) is 14.8 Å². The van der Waals surface area contributed by atoms with Gasteiger partial charge in [-0.15, -0.1) is 16.8 Å². The SMILES string of the molecule is C=CCn1c(SCc2cccc3ccccc23)nnc1-c1cccc(C)c1. The highest BCUT2D eigenvalue weighted by molar-refractivity contribution is 7.98. The third-order valence-corrected chi connectivity index (χ3v) is 5.56. The normalized spacial score (nSPS) is 11.0. The molecule has 0 amide bonds. The van der Waals surface area contributed by atoms with Crippen molar-refractivity contribution in [2.45, 2.75) is 24.4 Å². The lowest BCUT2D eigenvalue weighted by Crippen LogP contribution is -2.01. The Bertz CT molecular complexity index is 1090. The third-order valence-electron chi connectivity index (χ3n) is 4.54. The molecular formula is C23H21N3S. The first-order chi connectivity index (χ1) is 13.3. The van der Waals surface area contributed by atoms with E-state index >= 15 is 0 Å². The average molecular weight is 372 g/mol. The molecular weight excluding hydrogens is 350 g/mol. The molecule has 0 saturated carbocycles. The van der Waals surface area contributed by atoms with Crippen LogP contribution in [0.3, 0.4) is 0 Å². The maximum Gasteiger partial charge on any atom is 0.192 e. The van der Waals surface area contributed by atoms with Crippen molar-refractivity contribution < 1.29 is 0 Å². The molecule has 1 aromatic heterocycles. The van der Waals surface area contributed by atoms with Crippen molar-refractivity contribution in [3.8, 4) is 11.4 Å². The van der Waals surface area contributed by atoms with Gasteiger partial charge >= 0.3 is 0 Å². The maximum absolute atomic E-state index is 4.47. The fourth-order valence-corrected chi connectivity index (χ4v) is 4.20. The Kier molecular flexibility index (Phi) is 5.07. The zero-order chi connectivity index (χ0) is 18.6. The number of hydrogen-bond donors (Lipinski definition) is 0. The topological polar surface area (TPSA) is 30.7 Å². The van der Waals surface area contributed by atoms with Gasteiger partial charge in [0.05, 0.1) is 0 Å². The van der Waals surface area contributed by atoms with Crippen LogP contribution in [0.2, 0.25) is 0 Å². The van der Waals surface area contributed by atoms with Gasteiger partial charge in [-0.25, -0.2) is 0 Å². The summed E-state index contributed by atoms with van der Waals surface area (Å²) < 4.78 is 2.14. The van der Waals surface area contributed by atoms with E-state index in [0.717, 1.165) is 22.3 Å². The third kappa shape index (κ3) is 3.67. The summed E-state index contributed by atoms with van der Waals surface area (Å²) in [5.41, 5.74) is 3.61. The summed E-state index contributed by atoms with van der Waals surface area (Å²) in [5.74, 6) is 1.74. The number of thioether (sulfide) groups is 1. The van der Waals surface area contributed by atoms with E-state index in [9.17, 15) is 0 Å². The van der Waals surface area contributed by atoms with Gasteiger partial charge in [0.25, 0.3) is 0 Å². The average Bonchev–Trinajstić information content (AvgIpc) is 3.09. The van der Waals surface area contributed by atoms with Gasteiger partial charge in [0.2, 0.25) is 0 Å². The molecule has 0 fully saturated rings. The van der Waals surface area contributed by atoms with E-state index in [1.165, 1.54) is 21.9 Å². The van der Waals surface area contributed by atoms with Crippen molar-refractivity contribution in [3.63, 3.8) is 0 Å². The van der Waals surface area contributed by atoms with Crippen LogP contribution in [-0.4, -0.2) is 14.8 Å². The van der Waals surface area contributed by atoms with Crippen LogP contribution in [0.15, 0.2) is 84.5 Å². The van der Waals surface area contributed by atoms with Crippen molar-refractivity contribution >= 4 is 22.5 Å². The number of hydrogen-bond acceptors (Lipinski definition) is 3. The van der Waals surface area contributed by atoms with Gasteiger partial charge in [-0.3, -0.25) is 4.57 Å². The molecule has 0 aliphatic carbocycles. The molecule has 1 heterocycles. The van der Waals surface area contributed by atoms with Crippen LogP contribution in [0.1, 0.15) is 11.1 Å². The van der Waals surface area contributed by atoms with Gasteiger partial charge in [-0.1, -0.05) is 84.1 Å². The van der Waals surface area contributed by atoms with E-state index in [0.29, 0.717) is 6.54 Å². The first-order valence-electron chi connectivity index (χ1n) is 8.97. The second-order valence-corrected chi connectivity index (χ2v) is 7.44. The van der Waals surface area contributed by atoms with E-state index in [-0.39, 0.29) is 0 Å². The molecule has 134 valence electrons. The lowest BCUT2D eigenvalue weighted by Gasteiger charge is -2.09. The Morgan fingerprint density at radius 1 is 1.00 bits per heavy atom. The van der Waals surface area contributed by atoms with Gasteiger partial charge < -0.3 is 0 Å². The van der Waals surface area contributed by atoms with Crippen LogP contribution >= 0.6 is 11.8 Å². The molecule has 3 nitrogen and oxygen atoms in total. The number of aryl methyl sites for hydroxylation is 1. The fourth-order valence-electron chi connectivity index (χ4n) is 3.25. The molecule has 0 aliphatic heterocycles. The van der Waals surface area contributed by atoms with Crippen LogP contribution in [0.4, 0.5) is 0 Å². The van der Waals surface area contributed by atoms with Crippen LogP contribution in [0.5, 0.6) is 0 Å². The number of aromatic nitrogens is 3. The molecule has 27 heavy (non-hydrogen) atoms. The van der Waals surface area contributed by atoms with Crippen molar-refractivity contribution in [1.29, 1.82) is 0 Å². The minimum Gasteiger partial charge on any atom is -0.298 e. The summed E-state index contributed by atoms with van der Waals surface area (Å²) in [4.78, 5) is 0. The Morgan fingerprint density at radius 3 is 2.67 bits per heavy atom. The van der Waals surface area contributed by atoms with E-state index in [1.54, 1.807) is 11.8 Å². The molecule has 0 bridgehead atoms. The Balaban J connectivity index is 1.65. The van der Waals surface area contributed by atoms with Gasteiger partial charge in [-0.05, 0) is 29.3 Å². The molecule has 0 N–H and O–H groups in total. The molecule has 3 aromatic carbocycles. The van der Waals surface area contributed by atoms with Crippen molar-refractivity contribution in [3.05, 3.63) is 90.5 Å². The molecule has 0 aliphatic rings. The Hall–Kier alpha value is -2.85. The zero-order valence-electron chi connectivity index (χ0n) is 15.3. The summed E-state index contributed by atoms with van der Waals surface area (Å²) in [5, 5.41) is 12.4. The quantitative estimate of drug-likeness (QED) is 0.313. The van der Waals surface area contributed by atoms with Crippen LogP contribution < -0.4 is 0 Å². The summed E-state index contributed by atoms with van der Waals surface area (Å²) in [6.07, 6.45) is 1.89. The van der Waals surface area contributed by atoms with Gasteiger partial charge in [-0.2, -0.15) is 0 Å². The standard InChI is InChI=1S/C23H21N3S/c1-3-14-26-22(19-11-6-8-17(2)15-19)24-25-23(26)27-16-20-12-7-10-18-9-4-5-13-21(18)20/h3-13,15H,1,14,16H2,2H3. The Morgan fingerprint density at radius 2 is 1.81 bits per heavy atom. The largest absolute Gasteiger partial charge is 0.298 e. The summed E-state index contributed by atoms with van der Waals surface area (Å²) >= 11 is 1.72. The van der Waals surface area contributed by atoms with Crippen LogP contribution in [0.25, 0.3) is 22.2 Å². The molecule has 0 spiro atoms. The maximum atomic E-state index is 4.47. The van der Waals surface area contributed by atoms with Crippen molar-refractivity contribution in [2.75, 3.05) is 0 Å². The van der Waals surface area contributed by atoms with E-state index in [1.807, 2.05) is 6.08 Å². The Labute approximate surface area is 163 Å². The number of rotatable bonds is 6. The minimum absolute atomic E-state index is 0.689. The van der Waals surface area contributed by atoms with E-state index < -0.39 is 0 Å². The first kappa shape index (κ1) is 17.6. The number of allylic oxidation sites excluding steroid dienone is 1. The molecule has 4 heteroatoms. The number of benzene rings is 3. The number of fused-ring (bicyclic) bond motifs is 1. The lowest BCUT2D eigenvalue weighted by atomic mass is 10.1. The molecule has 4 aromatic rings.